The molecule has 78 valence electrons. The summed E-state index contributed by atoms with van der Waals surface area (Å²) in [6.07, 6.45) is 0. The van der Waals surface area contributed by atoms with Crippen molar-refractivity contribution in [3.8, 4) is 22.8 Å². The van der Waals surface area contributed by atoms with E-state index < -0.39 is 0 Å². The van der Waals surface area contributed by atoms with Crippen molar-refractivity contribution in [2.24, 2.45) is 0 Å². The van der Waals surface area contributed by atoms with Crippen molar-refractivity contribution >= 4 is 51.4 Å². The summed E-state index contributed by atoms with van der Waals surface area (Å²) in [7, 11) is 0. The van der Waals surface area contributed by atoms with Crippen LogP contribution in [0.1, 0.15) is 0 Å². The third-order valence-electron chi connectivity index (χ3n) is 1.96. The van der Waals surface area contributed by atoms with Gasteiger partial charge in [-0.3, -0.25) is 0 Å². The number of benzene rings is 1. The van der Waals surface area contributed by atoms with Gasteiger partial charge in [-0.1, -0.05) is 0 Å². The summed E-state index contributed by atoms with van der Waals surface area (Å²) < 4.78 is 17.7. The van der Waals surface area contributed by atoms with Gasteiger partial charge in [-0.2, -0.15) is 0 Å². The number of hydrogen-bond donors (Lipinski definition) is 0. The van der Waals surface area contributed by atoms with Gasteiger partial charge in [0, 0.05) is 0 Å². The first-order valence-electron chi connectivity index (χ1n) is 4.28. The molecule has 16 heavy (non-hydrogen) atoms. The zero-order valence-electron chi connectivity index (χ0n) is 7.73. The van der Waals surface area contributed by atoms with E-state index in [1.165, 1.54) is 0 Å². The van der Waals surface area contributed by atoms with Crippen molar-refractivity contribution in [3.63, 3.8) is 0 Å². The van der Waals surface area contributed by atoms with E-state index >= 15 is 0 Å². The molecule has 2 aromatic heterocycles. The minimum absolute atomic E-state index is 0.386. The van der Waals surface area contributed by atoms with Crippen molar-refractivity contribution in [1.82, 2.24) is 15.9 Å². The van der Waals surface area contributed by atoms with Crippen LogP contribution in [-0.2, 0) is 0 Å². The minimum atomic E-state index is 0.386. The predicted molar refractivity (Wildman–Crippen MR) is 65.1 cm³/mol. The van der Waals surface area contributed by atoms with Crippen molar-refractivity contribution in [2.75, 3.05) is 0 Å². The molecular formula is C8H4N4Se4+2. The summed E-state index contributed by atoms with van der Waals surface area (Å²) in [6.45, 7) is 0. The molecule has 2 heterocycles. The topological polar surface area (TPSA) is 51.6 Å². The van der Waals surface area contributed by atoms with Gasteiger partial charge in [-0.05, 0) is 0 Å². The van der Waals surface area contributed by atoms with Crippen LogP contribution < -0.4 is 0 Å². The Morgan fingerprint density at radius 2 is 1.19 bits per heavy atom. The van der Waals surface area contributed by atoms with Gasteiger partial charge in [-0.15, -0.1) is 0 Å². The molecular weight excluding hydrogens is 468 g/mol. The third-order valence-corrected chi connectivity index (χ3v) is 9.02. The molecule has 0 saturated carbocycles. The number of aromatic nitrogens is 4. The first-order chi connectivity index (χ1) is 7.93. The summed E-state index contributed by atoms with van der Waals surface area (Å²) in [4.78, 5) is 0. The molecule has 0 bridgehead atoms. The third kappa shape index (κ3) is 2.40. The van der Waals surface area contributed by atoms with Gasteiger partial charge in [-0.25, -0.2) is 0 Å². The first kappa shape index (κ1) is 11.3. The summed E-state index contributed by atoms with van der Waals surface area (Å²) in [6, 6.07) is 8.30. The molecule has 3 rings (SSSR count). The van der Waals surface area contributed by atoms with Gasteiger partial charge >= 0.3 is 114 Å². The molecule has 0 spiro atoms. The quantitative estimate of drug-likeness (QED) is 0.468. The van der Waals surface area contributed by atoms with Gasteiger partial charge in [0.25, 0.3) is 0 Å². The SMILES string of the molecule is c1cc(-c2n[se][se+]n2)ccc1-c1n[se][se+]n1. The molecule has 0 aliphatic carbocycles. The average molecular weight is 472 g/mol. The fourth-order valence-corrected chi connectivity index (χ4v) is 8.38. The van der Waals surface area contributed by atoms with Crippen LogP contribution in [0.5, 0.6) is 0 Å². The zero-order chi connectivity index (χ0) is 10.8. The van der Waals surface area contributed by atoms with Gasteiger partial charge < -0.3 is 0 Å². The molecule has 3 aromatic rings. The molecule has 0 aliphatic rings. The molecule has 0 aliphatic heterocycles. The van der Waals surface area contributed by atoms with Crippen LogP contribution in [0.3, 0.4) is 0 Å². The van der Waals surface area contributed by atoms with Crippen LogP contribution in [0.4, 0.5) is 0 Å². The Labute approximate surface area is 113 Å². The van der Waals surface area contributed by atoms with Crippen LogP contribution in [0.2, 0.25) is 0 Å². The Balaban J connectivity index is 1.97. The Morgan fingerprint density at radius 3 is 1.50 bits per heavy atom. The fraction of sp³-hybridized carbons (Fsp3) is 0. The van der Waals surface area contributed by atoms with Crippen LogP contribution in [0, 0.1) is 0 Å². The number of hydrogen-bond acceptors (Lipinski definition) is 4. The molecule has 0 saturated heterocycles. The fourth-order valence-electron chi connectivity index (χ4n) is 1.22. The molecule has 0 fully saturated rings. The zero-order valence-corrected chi connectivity index (χ0v) is 14.6. The van der Waals surface area contributed by atoms with Gasteiger partial charge in [0.1, 0.15) is 0 Å². The number of rotatable bonds is 2. The summed E-state index contributed by atoms with van der Waals surface area (Å²) in [5, 5.41) is 0. The van der Waals surface area contributed by atoms with E-state index in [0.29, 0.717) is 51.4 Å². The summed E-state index contributed by atoms with van der Waals surface area (Å²) >= 11 is 1.54. The summed E-state index contributed by atoms with van der Waals surface area (Å²) in [5.74, 6) is 1.87. The van der Waals surface area contributed by atoms with Gasteiger partial charge in [0.2, 0.25) is 0 Å². The molecule has 0 amide bonds. The normalized spacial score (nSPS) is 10.5. The van der Waals surface area contributed by atoms with Crippen LogP contribution in [0.25, 0.3) is 22.8 Å². The molecule has 0 N–H and O–H groups in total. The molecule has 0 atom stereocenters. The Hall–Kier alpha value is 0.238. The van der Waals surface area contributed by atoms with E-state index in [2.05, 4.69) is 40.2 Å². The Morgan fingerprint density at radius 1 is 0.750 bits per heavy atom. The van der Waals surface area contributed by atoms with E-state index in [0.717, 1.165) is 22.8 Å². The monoisotopic (exact) mass is 476 g/mol. The number of nitrogens with zero attached hydrogens (tertiary/aromatic N) is 4. The van der Waals surface area contributed by atoms with Gasteiger partial charge in [0.15, 0.2) is 0 Å². The van der Waals surface area contributed by atoms with E-state index in [1.807, 2.05) is 0 Å². The Bertz CT molecular complexity index is 507. The van der Waals surface area contributed by atoms with Gasteiger partial charge in [0.05, 0.1) is 0 Å². The van der Waals surface area contributed by atoms with Crippen molar-refractivity contribution in [1.29, 1.82) is 0 Å². The van der Waals surface area contributed by atoms with Crippen LogP contribution in [-0.4, -0.2) is 67.4 Å². The van der Waals surface area contributed by atoms with E-state index in [1.54, 1.807) is 0 Å². The molecule has 4 nitrogen and oxygen atoms in total. The van der Waals surface area contributed by atoms with Crippen molar-refractivity contribution < 1.29 is 0 Å². The molecule has 1 aromatic carbocycles. The van der Waals surface area contributed by atoms with Crippen molar-refractivity contribution in [2.45, 2.75) is 0 Å². The standard InChI is InChI=1S/C8H4N4Se4/c1-2-6(8-11-15-16-12-8)4-3-5(1)7-9-13-14-10-7/h1-4H/q+2. The van der Waals surface area contributed by atoms with E-state index in [-0.39, 0.29) is 0 Å². The first-order valence-corrected chi connectivity index (χ1v) is 16.0. The summed E-state index contributed by atoms with van der Waals surface area (Å²) in [5.41, 5.74) is 2.25. The predicted octanol–water partition coefficient (Wildman–Crippen LogP) is -0.609. The maximum absolute atomic E-state index is 4.43. The molecule has 0 radical (unpaired) electrons. The van der Waals surface area contributed by atoms with Crippen LogP contribution in [0.15, 0.2) is 24.3 Å². The second-order valence-corrected chi connectivity index (χ2v) is 12.2. The van der Waals surface area contributed by atoms with E-state index in [9.17, 15) is 0 Å². The van der Waals surface area contributed by atoms with Crippen molar-refractivity contribution in [3.05, 3.63) is 24.3 Å². The molecule has 0 unspecified atom stereocenters. The second-order valence-electron chi connectivity index (χ2n) is 2.89. The molecule has 8 heteroatoms. The van der Waals surface area contributed by atoms with Crippen LogP contribution >= 0.6 is 0 Å². The Kier molecular flexibility index (Phi) is 3.73. The average Bonchev–Trinajstić information content (AvgIpc) is 3.03. The maximum atomic E-state index is 4.43. The van der Waals surface area contributed by atoms with E-state index in [4.69, 9.17) is 0 Å². The second kappa shape index (κ2) is 5.26.